The van der Waals surface area contributed by atoms with Crippen LogP contribution in [0.1, 0.15) is 5.56 Å². The van der Waals surface area contributed by atoms with Gasteiger partial charge in [0.05, 0.1) is 23.5 Å². The predicted octanol–water partition coefficient (Wildman–Crippen LogP) is 1.02. The number of nitrogens with zero attached hydrogens (tertiary/aromatic N) is 4. The number of nitro benzene ring substituents is 1. The van der Waals surface area contributed by atoms with E-state index in [1.54, 1.807) is 11.8 Å². The monoisotopic (exact) mass is 542 g/mol. The second kappa shape index (κ2) is 10.5. The minimum absolute atomic E-state index is 0.0859. The van der Waals surface area contributed by atoms with Crippen LogP contribution >= 0.6 is 15.9 Å². The van der Waals surface area contributed by atoms with Crippen molar-refractivity contribution in [3.05, 3.63) is 27.8 Å². The first-order valence-corrected chi connectivity index (χ1v) is 13.9. The first-order chi connectivity index (χ1) is 14.4. The van der Waals surface area contributed by atoms with E-state index >= 15 is 0 Å². The molecule has 176 valence electrons. The number of likely N-dealkylation sites (N-methyl/N-ethyl adjacent to an activating group) is 1. The van der Waals surface area contributed by atoms with Crippen molar-refractivity contribution >= 4 is 47.4 Å². The Morgan fingerprint density at radius 2 is 1.77 bits per heavy atom. The van der Waals surface area contributed by atoms with Crippen LogP contribution in [0.2, 0.25) is 0 Å². The Morgan fingerprint density at radius 3 is 2.29 bits per heavy atom. The van der Waals surface area contributed by atoms with Gasteiger partial charge in [0.2, 0.25) is 10.0 Å². The topological polar surface area (TPSA) is 130 Å². The standard InChI is InChI=1S/C17H27BrN4O7S2/c1-14-12-15(22(23)24)13-16(31(27,28)21-8-6-19(2)7-9-21)17(14)20(5-4-18)10-11-29-30(3,25)26/h12-13H,4-11H2,1-3H3. The van der Waals surface area contributed by atoms with Crippen LogP contribution in [0.5, 0.6) is 0 Å². The number of non-ortho nitro benzene ring substituents is 1. The normalized spacial score (nSPS) is 16.4. The third-order valence-electron chi connectivity index (χ3n) is 4.87. The Kier molecular flexibility index (Phi) is 8.81. The van der Waals surface area contributed by atoms with Crippen LogP contribution in [0.15, 0.2) is 17.0 Å². The minimum atomic E-state index is -4.03. The Balaban J connectivity index is 2.55. The number of anilines is 1. The summed E-state index contributed by atoms with van der Waals surface area (Å²) < 4.78 is 55.8. The van der Waals surface area contributed by atoms with Crippen molar-refractivity contribution in [1.82, 2.24) is 9.21 Å². The van der Waals surface area contributed by atoms with Crippen LogP contribution < -0.4 is 4.90 Å². The molecule has 0 aromatic heterocycles. The van der Waals surface area contributed by atoms with Gasteiger partial charge in [0, 0.05) is 56.7 Å². The second-order valence-corrected chi connectivity index (χ2v) is 11.6. The Hall–Kier alpha value is -1.32. The van der Waals surface area contributed by atoms with Gasteiger partial charge in [-0.05, 0) is 19.5 Å². The number of hydrogen-bond donors (Lipinski definition) is 0. The Bertz CT molecular complexity index is 1010. The average molecular weight is 543 g/mol. The Labute approximate surface area is 191 Å². The largest absolute Gasteiger partial charge is 0.367 e. The second-order valence-electron chi connectivity index (χ2n) is 7.28. The lowest BCUT2D eigenvalue weighted by molar-refractivity contribution is -0.385. The molecule has 1 fully saturated rings. The number of rotatable bonds is 10. The minimum Gasteiger partial charge on any atom is -0.367 e. The number of alkyl halides is 1. The maximum Gasteiger partial charge on any atom is 0.271 e. The fourth-order valence-corrected chi connectivity index (χ4v) is 5.87. The summed E-state index contributed by atoms with van der Waals surface area (Å²) in [5.41, 5.74) is 0.392. The molecule has 11 nitrogen and oxygen atoms in total. The third kappa shape index (κ3) is 6.83. The zero-order valence-electron chi connectivity index (χ0n) is 17.7. The molecule has 0 saturated carbocycles. The van der Waals surface area contributed by atoms with Crippen molar-refractivity contribution in [3.63, 3.8) is 0 Å². The summed E-state index contributed by atoms with van der Waals surface area (Å²) in [5, 5.41) is 11.9. The van der Waals surface area contributed by atoms with E-state index in [1.807, 2.05) is 11.9 Å². The molecule has 0 aliphatic carbocycles. The van der Waals surface area contributed by atoms with Gasteiger partial charge >= 0.3 is 0 Å². The van der Waals surface area contributed by atoms with Crippen LogP contribution in [0.4, 0.5) is 11.4 Å². The van der Waals surface area contributed by atoms with Gasteiger partial charge in [-0.25, -0.2) is 8.42 Å². The van der Waals surface area contributed by atoms with Crippen LogP contribution in [0.3, 0.4) is 0 Å². The SMILES string of the molecule is Cc1cc([N+](=O)[O-])cc(S(=O)(=O)N2CCN(C)CC2)c1N(CCBr)CCOS(C)(=O)=O. The summed E-state index contributed by atoms with van der Waals surface area (Å²) in [4.78, 5) is 14.3. The molecule has 0 atom stereocenters. The van der Waals surface area contributed by atoms with Gasteiger partial charge in [-0.15, -0.1) is 0 Å². The zero-order valence-corrected chi connectivity index (χ0v) is 20.9. The zero-order chi connectivity index (χ0) is 23.4. The molecule has 1 aromatic rings. The number of aryl methyl sites for hydroxylation is 1. The highest BCUT2D eigenvalue weighted by atomic mass is 79.9. The molecule has 0 bridgehead atoms. The number of hydrogen-bond acceptors (Lipinski definition) is 9. The first kappa shape index (κ1) is 25.9. The molecule has 0 amide bonds. The first-order valence-electron chi connectivity index (χ1n) is 9.50. The summed E-state index contributed by atoms with van der Waals surface area (Å²) >= 11 is 3.32. The summed E-state index contributed by atoms with van der Waals surface area (Å²) in [7, 11) is -5.79. The van der Waals surface area contributed by atoms with E-state index in [0.29, 0.717) is 36.2 Å². The van der Waals surface area contributed by atoms with Gasteiger partial charge in [0.15, 0.2) is 0 Å². The molecule has 0 N–H and O–H groups in total. The van der Waals surface area contributed by atoms with Gasteiger partial charge in [-0.1, -0.05) is 15.9 Å². The maximum absolute atomic E-state index is 13.5. The summed E-state index contributed by atoms with van der Waals surface area (Å²) in [6.45, 7) is 3.50. The highest BCUT2D eigenvalue weighted by Gasteiger charge is 2.33. The molecule has 0 radical (unpaired) electrons. The van der Waals surface area contributed by atoms with E-state index in [1.165, 1.54) is 10.4 Å². The van der Waals surface area contributed by atoms with E-state index in [-0.39, 0.29) is 36.8 Å². The van der Waals surface area contributed by atoms with Gasteiger partial charge in [0.1, 0.15) is 4.90 Å². The average Bonchev–Trinajstić information content (AvgIpc) is 2.66. The van der Waals surface area contributed by atoms with Crippen molar-refractivity contribution in [2.24, 2.45) is 0 Å². The van der Waals surface area contributed by atoms with Crippen molar-refractivity contribution in [2.75, 3.05) is 69.4 Å². The molecule has 1 heterocycles. The van der Waals surface area contributed by atoms with Crippen LogP contribution in [0, 0.1) is 17.0 Å². The fourth-order valence-electron chi connectivity index (χ4n) is 3.34. The number of piperazine rings is 1. The van der Waals surface area contributed by atoms with E-state index in [4.69, 9.17) is 4.18 Å². The molecule has 1 aliphatic rings. The fraction of sp³-hybridized carbons (Fsp3) is 0.647. The van der Waals surface area contributed by atoms with Crippen LogP contribution in [-0.2, 0) is 24.3 Å². The number of halogens is 1. The van der Waals surface area contributed by atoms with Gasteiger partial charge in [0.25, 0.3) is 15.8 Å². The Morgan fingerprint density at radius 1 is 1.16 bits per heavy atom. The smallest absolute Gasteiger partial charge is 0.271 e. The molecule has 14 heteroatoms. The molecule has 1 aromatic carbocycles. The molecular weight excluding hydrogens is 516 g/mol. The lowest BCUT2D eigenvalue weighted by Crippen LogP contribution is -2.47. The highest BCUT2D eigenvalue weighted by Crippen LogP contribution is 2.35. The quantitative estimate of drug-likeness (QED) is 0.184. The van der Waals surface area contributed by atoms with Crippen LogP contribution in [0.25, 0.3) is 0 Å². The van der Waals surface area contributed by atoms with E-state index in [9.17, 15) is 26.9 Å². The number of benzene rings is 1. The summed E-state index contributed by atoms with van der Waals surface area (Å²) in [6, 6.07) is 2.39. The summed E-state index contributed by atoms with van der Waals surface area (Å²) in [6.07, 6.45) is 0.933. The lowest BCUT2D eigenvalue weighted by atomic mass is 10.1. The molecule has 31 heavy (non-hydrogen) atoms. The van der Waals surface area contributed by atoms with Gasteiger partial charge in [-0.2, -0.15) is 12.7 Å². The third-order valence-corrected chi connectivity index (χ3v) is 7.73. The molecule has 1 saturated heterocycles. The molecule has 1 aliphatic heterocycles. The van der Waals surface area contributed by atoms with Crippen molar-refractivity contribution in [2.45, 2.75) is 11.8 Å². The lowest BCUT2D eigenvalue weighted by Gasteiger charge is -2.34. The molecular formula is C17H27BrN4O7S2. The predicted molar refractivity (Wildman–Crippen MR) is 121 cm³/mol. The van der Waals surface area contributed by atoms with Crippen molar-refractivity contribution in [3.8, 4) is 0 Å². The van der Waals surface area contributed by atoms with Crippen molar-refractivity contribution in [1.29, 1.82) is 0 Å². The maximum atomic E-state index is 13.5. The molecule has 0 unspecified atom stereocenters. The van der Waals surface area contributed by atoms with E-state index in [2.05, 4.69) is 15.9 Å². The van der Waals surface area contributed by atoms with E-state index in [0.717, 1.165) is 12.3 Å². The van der Waals surface area contributed by atoms with E-state index < -0.39 is 25.1 Å². The van der Waals surface area contributed by atoms with Gasteiger partial charge in [-0.3, -0.25) is 14.3 Å². The number of sulfonamides is 1. The number of nitro groups is 1. The summed E-state index contributed by atoms with van der Waals surface area (Å²) in [5.74, 6) is 0. The highest BCUT2D eigenvalue weighted by molar-refractivity contribution is 9.09. The van der Waals surface area contributed by atoms with Crippen molar-refractivity contribution < 1.29 is 25.9 Å². The van der Waals surface area contributed by atoms with Crippen LogP contribution in [-0.4, -0.2) is 95.5 Å². The molecule has 2 rings (SSSR count). The van der Waals surface area contributed by atoms with Gasteiger partial charge < -0.3 is 9.80 Å². The molecule has 0 spiro atoms.